The van der Waals surface area contributed by atoms with Gasteiger partial charge in [-0.3, -0.25) is 0 Å². The van der Waals surface area contributed by atoms with E-state index in [1.165, 1.54) is 0 Å². The van der Waals surface area contributed by atoms with Gasteiger partial charge in [-0.1, -0.05) is 52.1 Å². The fourth-order valence-electron chi connectivity index (χ4n) is 3.63. The Morgan fingerprint density at radius 3 is 2.50 bits per heavy atom. The lowest BCUT2D eigenvalue weighted by molar-refractivity contribution is -0.0407. The summed E-state index contributed by atoms with van der Waals surface area (Å²) in [6.07, 6.45) is 0.195. The van der Waals surface area contributed by atoms with Gasteiger partial charge in [0.15, 0.2) is 5.60 Å². The highest BCUT2D eigenvalue weighted by atomic mass is 35.5. The van der Waals surface area contributed by atoms with Gasteiger partial charge in [-0.25, -0.2) is 4.39 Å². The van der Waals surface area contributed by atoms with Crippen molar-refractivity contribution in [2.24, 2.45) is 5.16 Å². The molecule has 0 aromatic heterocycles. The van der Waals surface area contributed by atoms with Crippen LogP contribution in [0.15, 0.2) is 35.5 Å². The lowest BCUT2D eigenvalue weighted by Crippen LogP contribution is -2.29. The molecule has 2 aromatic rings. The summed E-state index contributed by atoms with van der Waals surface area (Å²) in [6.45, 7) is 2.94. The summed E-state index contributed by atoms with van der Waals surface area (Å²) in [5.41, 5.74) is 1.42. The first-order chi connectivity index (χ1) is 13.2. The highest BCUT2D eigenvalue weighted by Crippen LogP contribution is 2.42. The first kappa shape index (κ1) is 20.0. The molecule has 9 heteroatoms. The molecule has 146 valence electrons. The van der Waals surface area contributed by atoms with Crippen LogP contribution in [0.1, 0.15) is 37.0 Å². The first-order valence-corrected chi connectivity index (χ1v) is 9.77. The maximum Gasteiger partial charge on any atom is 0.492 e. The summed E-state index contributed by atoms with van der Waals surface area (Å²) >= 11 is 18.2. The third kappa shape index (κ3) is 3.12. The van der Waals surface area contributed by atoms with Crippen LogP contribution < -0.4 is 5.46 Å². The minimum Gasteiger partial charge on any atom is -0.423 e. The summed E-state index contributed by atoms with van der Waals surface area (Å²) in [7, 11) is -0.968. The maximum absolute atomic E-state index is 14.1. The summed E-state index contributed by atoms with van der Waals surface area (Å²) in [5, 5.41) is 14.8. The van der Waals surface area contributed by atoms with Crippen LogP contribution in [0.5, 0.6) is 0 Å². The lowest BCUT2D eigenvalue weighted by Gasteiger charge is -2.24. The molecule has 1 atom stereocenters. The molecule has 2 aliphatic rings. The molecule has 1 N–H and O–H groups in total. The number of alkyl halides is 1. The Kier molecular flexibility index (Phi) is 4.92. The number of oxime groups is 1. The van der Waals surface area contributed by atoms with Gasteiger partial charge in [0.1, 0.15) is 6.67 Å². The van der Waals surface area contributed by atoms with Crippen LogP contribution in [0.25, 0.3) is 0 Å². The van der Waals surface area contributed by atoms with E-state index >= 15 is 0 Å². The summed E-state index contributed by atoms with van der Waals surface area (Å²) < 4.78 is 19.7. The lowest BCUT2D eigenvalue weighted by atomic mass is 9.77. The van der Waals surface area contributed by atoms with Crippen molar-refractivity contribution in [1.82, 2.24) is 0 Å². The Labute approximate surface area is 177 Å². The molecule has 0 fully saturated rings. The molecular weight excluding hydrogens is 426 g/mol. The van der Waals surface area contributed by atoms with Gasteiger partial charge in [-0.2, -0.15) is 0 Å². The third-order valence-corrected chi connectivity index (χ3v) is 6.41. The fourth-order valence-corrected chi connectivity index (χ4v) is 4.23. The number of halogens is 4. The number of benzene rings is 2. The molecule has 2 heterocycles. The Balaban J connectivity index is 1.69. The second kappa shape index (κ2) is 6.89. The van der Waals surface area contributed by atoms with Gasteiger partial charge < -0.3 is 14.5 Å². The molecule has 4 rings (SSSR count). The normalized spacial score (nSPS) is 22.8. The highest BCUT2D eigenvalue weighted by Gasteiger charge is 2.44. The van der Waals surface area contributed by atoms with Gasteiger partial charge in [0, 0.05) is 12.0 Å². The predicted octanol–water partition coefficient (Wildman–Crippen LogP) is 4.59. The molecule has 28 heavy (non-hydrogen) atoms. The average Bonchev–Trinajstić information content (AvgIpc) is 3.19. The van der Waals surface area contributed by atoms with Gasteiger partial charge in [0.05, 0.1) is 26.4 Å². The molecule has 0 radical (unpaired) electrons. The monoisotopic (exact) mass is 441 g/mol. The fraction of sp³-hybridized carbons (Fsp3) is 0.316. The van der Waals surface area contributed by atoms with E-state index < -0.39 is 25.0 Å². The van der Waals surface area contributed by atoms with Crippen molar-refractivity contribution in [3.05, 3.63) is 62.1 Å². The number of hydrogen-bond acceptors (Lipinski definition) is 4. The van der Waals surface area contributed by atoms with E-state index in [2.05, 4.69) is 5.16 Å². The average molecular weight is 443 g/mol. The zero-order valence-corrected chi connectivity index (χ0v) is 17.4. The van der Waals surface area contributed by atoms with E-state index in [0.29, 0.717) is 16.7 Å². The zero-order chi connectivity index (χ0) is 20.3. The molecular formula is C19H16BCl3FNO3. The van der Waals surface area contributed by atoms with E-state index in [-0.39, 0.29) is 21.5 Å². The van der Waals surface area contributed by atoms with Crippen molar-refractivity contribution in [2.75, 3.05) is 6.67 Å². The van der Waals surface area contributed by atoms with Crippen LogP contribution in [0.3, 0.4) is 0 Å². The molecule has 0 bridgehead atoms. The number of rotatable bonds is 3. The van der Waals surface area contributed by atoms with Gasteiger partial charge >= 0.3 is 7.12 Å². The molecule has 0 aliphatic carbocycles. The van der Waals surface area contributed by atoms with Gasteiger partial charge in [-0.05, 0) is 48.6 Å². The predicted molar refractivity (Wildman–Crippen MR) is 110 cm³/mol. The summed E-state index contributed by atoms with van der Waals surface area (Å²) in [4.78, 5) is 5.56. The molecule has 0 amide bonds. The minimum absolute atomic E-state index is 0.195. The Hall–Kier alpha value is -1.31. The number of nitrogens with zero attached hydrogens (tertiary/aromatic N) is 1. The largest absolute Gasteiger partial charge is 0.492 e. The van der Waals surface area contributed by atoms with Crippen molar-refractivity contribution in [3.8, 4) is 0 Å². The first-order valence-electron chi connectivity index (χ1n) is 8.63. The second-order valence-electron chi connectivity index (χ2n) is 7.47. The van der Waals surface area contributed by atoms with E-state index in [1.54, 1.807) is 18.2 Å². The molecule has 0 saturated heterocycles. The summed E-state index contributed by atoms with van der Waals surface area (Å²) in [5.74, 6) is 0. The van der Waals surface area contributed by atoms with Crippen LogP contribution in [0.2, 0.25) is 15.1 Å². The molecule has 1 unspecified atom stereocenters. The quantitative estimate of drug-likeness (QED) is 0.559. The molecule has 0 spiro atoms. The number of fused-ring (bicyclic) bond motifs is 1. The zero-order valence-electron chi connectivity index (χ0n) is 15.1. The Morgan fingerprint density at radius 2 is 1.86 bits per heavy atom. The molecule has 2 aliphatic heterocycles. The van der Waals surface area contributed by atoms with E-state index in [4.69, 9.17) is 44.3 Å². The van der Waals surface area contributed by atoms with Crippen LogP contribution in [0, 0.1) is 0 Å². The number of hydrogen-bond donors (Lipinski definition) is 1. The smallest absolute Gasteiger partial charge is 0.423 e. The molecule has 0 saturated carbocycles. The highest BCUT2D eigenvalue weighted by molar-refractivity contribution is 6.62. The van der Waals surface area contributed by atoms with Crippen LogP contribution >= 0.6 is 34.8 Å². The van der Waals surface area contributed by atoms with Crippen LogP contribution in [-0.2, 0) is 20.7 Å². The minimum atomic E-state index is -1.32. The SMILES string of the molecule is CC1(C)OB(O)c2ccc(C3=NOC(CF)(c4cc(Cl)c(Cl)c(Cl)c4)C3)cc21. The molecule has 4 nitrogen and oxygen atoms in total. The van der Waals surface area contributed by atoms with Gasteiger partial charge in [0.25, 0.3) is 0 Å². The topological polar surface area (TPSA) is 51.0 Å². The standard InChI is InChI=1S/C19H16BCl3FNO3/c1-18(2)12-5-10(3-4-13(12)20(26)27-18)16-8-19(9-24,28-25-16)11-6-14(21)17(23)15(22)7-11/h3-7,26H,8-9H2,1-2H3. The van der Waals surface area contributed by atoms with E-state index in [0.717, 1.165) is 11.1 Å². The summed E-state index contributed by atoms with van der Waals surface area (Å²) in [6, 6.07) is 8.58. The van der Waals surface area contributed by atoms with E-state index in [9.17, 15) is 9.41 Å². The van der Waals surface area contributed by atoms with Crippen molar-refractivity contribution in [1.29, 1.82) is 0 Å². The third-order valence-electron chi connectivity index (χ3n) is 5.22. The second-order valence-corrected chi connectivity index (χ2v) is 8.66. The van der Waals surface area contributed by atoms with Crippen molar-refractivity contribution < 1.29 is 18.9 Å². The van der Waals surface area contributed by atoms with Gasteiger partial charge in [-0.15, -0.1) is 0 Å². The van der Waals surface area contributed by atoms with Crippen LogP contribution in [0.4, 0.5) is 4.39 Å². The Morgan fingerprint density at radius 1 is 1.18 bits per heavy atom. The molecule has 2 aromatic carbocycles. The van der Waals surface area contributed by atoms with Crippen molar-refractivity contribution >= 4 is 53.1 Å². The van der Waals surface area contributed by atoms with Crippen molar-refractivity contribution in [2.45, 2.75) is 31.5 Å². The van der Waals surface area contributed by atoms with Crippen LogP contribution in [-0.4, -0.2) is 24.5 Å². The Bertz CT molecular complexity index is 977. The maximum atomic E-state index is 14.1. The van der Waals surface area contributed by atoms with E-state index in [1.807, 2.05) is 26.0 Å². The van der Waals surface area contributed by atoms with Crippen molar-refractivity contribution in [3.63, 3.8) is 0 Å². The van der Waals surface area contributed by atoms with Gasteiger partial charge in [0.2, 0.25) is 0 Å².